The molecule has 1 saturated heterocycles. The first-order valence-corrected chi connectivity index (χ1v) is 12.4. The SMILES string of the molecule is C=C1CC[C@@H]([C@H](CCC=C(C)C)CO[C@H]2OC[C@H](O)[C@@H](O)[C@@H]2OC(C)=O)[C@@H]2C=C(C)CC[C@H]12. The molecule has 0 radical (unpaired) electrons. The molecule has 1 aliphatic heterocycles. The molecule has 2 aliphatic carbocycles. The minimum Gasteiger partial charge on any atom is -0.454 e. The van der Waals surface area contributed by atoms with Crippen LogP contribution in [-0.4, -0.2) is 54.0 Å². The monoisotopic (exact) mass is 462 g/mol. The Morgan fingerprint density at radius 1 is 1.27 bits per heavy atom. The van der Waals surface area contributed by atoms with Gasteiger partial charge in [0.2, 0.25) is 0 Å². The Hall–Kier alpha value is -1.47. The largest absolute Gasteiger partial charge is 0.454 e. The third-order valence-corrected chi connectivity index (χ3v) is 7.51. The highest BCUT2D eigenvalue weighted by Crippen LogP contribution is 2.48. The van der Waals surface area contributed by atoms with E-state index in [-0.39, 0.29) is 6.61 Å². The summed E-state index contributed by atoms with van der Waals surface area (Å²) in [5, 5.41) is 20.3. The molecular weight excluding hydrogens is 420 g/mol. The fourth-order valence-corrected chi connectivity index (χ4v) is 5.73. The molecule has 3 aliphatic rings. The zero-order valence-electron chi connectivity index (χ0n) is 20.7. The van der Waals surface area contributed by atoms with Gasteiger partial charge in [0.25, 0.3) is 0 Å². The molecule has 186 valence electrons. The van der Waals surface area contributed by atoms with Gasteiger partial charge in [-0.3, -0.25) is 4.79 Å². The Bertz CT molecular complexity index is 752. The van der Waals surface area contributed by atoms with Crippen LogP contribution in [0.2, 0.25) is 0 Å². The summed E-state index contributed by atoms with van der Waals surface area (Å²) in [7, 11) is 0. The number of ether oxygens (including phenoxy) is 3. The molecule has 0 aromatic heterocycles. The molecular formula is C27H42O6. The van der Waals surface area contributed by atoms with Crippen molar-refractivity contribution in [2.75, 3.05) is 13.2 Å². The maximum atomic E-state index is 11.6. The van der Waals surface area contributed by atoms with Crippen LogP contribution >= 0.6 is 0 Å². The summed E-state index contributed by atoms with van der Waals surface area (Å²) in [4.78, 5) is 11.6. The Kier molecular flexibility index (Phi) is 9.34. The first kappa shape index (κ1) is 26.1. The van der Waals surface area contributed by atoms with Crippen LogP contribution in [0.25, 0.3) is 0 Å². The van der Waals surface area contributed by atoms with Crippen molar-refractivity contribution in [3.63, 3.8) is 0 Å². The van der Waals surface area contributed by atoms with E-state index in [9.17, 15) is 15.0 Å². The number of hydrogen-bond acceptors (Lipinski definition) is 6. The smallest absolute Gasteiger partial charge is 0.303 e. The van der Waals surface area contributed by atoms with Crippen LogP contribution in [0, 0.1) is 23.7 Å². The first-order valence-electron chi connectivity index (χ1n) is 12.4. The predicted octanol–water partition coefficient (Wildman–Crippen LogP) is 4.31. The highest BCUT2D eigenvalue weighted by molar-refractivity contribution is 5.66. The predicted molar refractivity (Wildman–Crippen MR) is 127 cm³/mol. The van der Waals surface area contributed by atoms with Crippen LogP contribution in [0.1, 0.15) is 66.2 Å². The third-order valence-electron chi connectivity index (χ3n) is 7.51. The Morgan fingerprint density at radius 2 is 2.03 bits per heavy atom. The molecule has 2 N–H and O–H groups in total. The van der Waals surface area contributed by atoms with E-state index in [1.54, 1.807) is 0 Å². The van der Waals surface area contributed by atoms with Crippen molar-refractivity contribution in [3.05, 3.63) is 35.5 Å². The van der Waals surface area contributed by atoms with Gasteiger partial charge in [0.1, 0.15) is 12.2 Å². The van der Waals surface area contributed by atoms with Gasteiger partial charge in [-0.05, 0) is 83.0 Å². The van der Waals surface area contributed by atoms with E-state index in [2.05, 4.69) is 39.5 Å². The van der Waals surface area contributed by atoms with E-state index >= 15 is 0 Å². The zero-order chi connectivity index (χ0) is 24.1. The fraction of sp³-hybridized carbons (Fsp3) is 0.741. The highest BCUT2D eigenvalue weighted by Gasteiger charge is 2.44. The number of fused-ring (bicyclic) bond motifs is 1. The van der Waals surface area contributed by atoms with Gasteiger partial charge in [0, 0.05) is 6.92 Å². The minimum absolute atomic E-state index is 0.0537. The van der Waals surface area contributed by atoms with Gasteiger partial charge < -0.3 is 24.4 Å². The van der Waals surface area contributed by atoms with Crippen LogP contribution in [-0.2, 0) is 19.0 Å². The number of carbonyl (C=O) groups is 1. The van der Waals surface area contributed by atoms with Crippen molar-refractivity contribution in [1.29, 1.82) is 0 Å². The summed E-state index contributed by atoms with van der Waals surface area (Å²) in [6.45, 7) is 12.5. The van der Waals surface area contributed by atoms with Crippen LogP contribution in [0.5, 0.6) is 0 Å². The second-order valence-electron chi connectivity index (χ2n) is 10.4. The quantitative estimate of drug-likeness (QED) is 0.413. The van der Waals surface area contributed by atoms with E-state index in [0.717, 1.165) is 32.1 Å². The maximum absolute atomic E-state index is 11.6. The molecule has 0 aromatic rings. The van der Waals surface area contributed by atoms with Crippen molar-refractivity contribution < 1.29 is 29.2 Å². The van der Waals surface area contributed by atoms with Gasteiger partial charge in [-0.15, -0.1) is 0 Å². The van der Waals surface area contributed by atoms with Gasteiger partial charge in [-0.25, -0.2) is 0 Å². The average molecular weight is 463 g/mol. The van der Waals surface area contributed by atoms with Crippen LogP contribution in [0.15, 0.2) is 35.5 Å². The van der Waals surface area contributed by atoms with Crippen molar-refractivity contribution in [2.45, 2.75) is 90.8 Å². The lowest BCUT2D eigenvalue weighted by Crippen LogP contribution is -2.55. The molecule has 0 aromatic carbocycles. The lowest BCUT2D eigenvalue weighted by atomic mass is 9.61. The van der Waals surface area contributed by atoms with Gasteiger partial charge in [0.05, 0.1) is 13.2 Å². The lowest BCUT2D eigenvalue weighted by molar-refractivity contribution is -0.278. The first-order chi connectivity index (χ1) is 15.7. The molecule has 6 heteroatoms. The Balaban J connectivity index is 1.76. The van der Waals surface area contributed by atoms with Gasteiger partial charge in [-0.1, -0.05) is 35.5 Å². The van der Waals surface area contributed by atoms with Crippen molar-refractivity contribution in [3.8, 4) is 0 Å². The Morgan fingerprint density at radius 3 is 2.73 bits per heavy atom. The van der Waals surface area contributed by atoms with E-state index < -0.39 is 30.6 Å². The number of esters is 1. The van der Waals surface area contributed by atoms with Gasteiger partial charge >= 0.3 is 5.97 Å². The topological polar surface area (TPSA) is 85.2 Å². The Labute approximate surface area is 198 Å². The molecule has 1 heterocycles. The number of rotatable bonds is 8. The number of carbonyl (C=O) groups excluding carboxylic acids is 1. The number of hydrogen-bond donors (Lipinski definition) is 2. The zero-order valence-corrected chi connectivity index (χ0v) is 20.7. The second-order valence-corrected chi connectivity index (χ2v) is 10.4. The summed E-state index contributed by atoms with van der Waals surface area (Å²) >= 11 is 0. The number of allylic oxidation sites excluding steroid dienone is 5. The van der Waals surface area contributed by atoms with E-state index in [1.165, 1.54) is 30.1 Å². The number of aliphatic hydroxyl groups excluding tert-OH is 2. The summed E-state index contributed by atoms with van der Waals surface area (Å²) in [5.41, 5.74) is 4.15. The van der Waals surface area contributed by atoms with Crippen molar-refractivity contribution >= 4 is 5.97 Å². The molecule has 0 unspecified atom stereocenters. The van der Waals surface area contributed by atoms with Crippen LogP contribution < -0.4 is 0 Å². The van der Waals surface area contributed by atoms with Gasteiger partial charge in [0.15, 0.2) is 12.4 Å². The summed E-state index contributed by atoms with van der Waals surface area (Å²) in [6, 6.07) is 0. The summed E-state index contributed by atoms with van der Waals surface area (Å²) in [5.74, 6) is 1.25. The average Bonchev–Trinajstić information content (AvgIpc) is 2.75. The molecule has 0 spiro atoms. The highest BCUT2D eigenvalue weighted by atomic mass is 16.7. The molecule has 0 bridgehead atoms. The van der Waals surface area contributed by atoms with Crippen LogP contribution in [0.3, 0.4) is 0 Å². The fourth-order valence-electron chi connectivity index (χ4n) is 5.73. The van der Waals surface area contributed by atoms with E-state index in [0.29, 0.717) is 30.3 Å². The van der Waals surface area contributed by atoms with E-state index in [1.807, 2.05) is 0 Å². The third kappa shape index (κ3) is 6.78. The maximum Gasteiger partial charge on any atom is 0.303 e. The molecule has 1 saturated carbocycles. The molecule has 6 nitrogen and oxygen atoms in total. The molecule has 8 atom stereocenters. The minimum atomic E-state index is -1.23. The second kappa shape index (κ2) is 11.8. The number of aliphatic hydroxyl groups is 2. The molecule has 33 heavy (non-hydrogen) atoms. The normalized spacial score (nSPS) is 35.3. The van der Waals surface area contributed by atoms with Crippen LogP contribution in [0.4, 0.5) is 0 Å². The summed E-state index contributed by atoms with van der Waals surface area (Å²) < 4.78 is 17.1. The van der Waals surface area contributed by atoms with Crippen molar-refractivity contribution in [2.24, 2.45) is 23.7 Å². The molecule has 0 amide bonds. The molecule has 3 rings (SSSR count). The molecule has 2 fully saturated rings. The standard InChI is InChI=1S/C27H42O6/c1-16(2)7-6-8-20(22-12-10-18(4)21-11-9-17(3)13-23(21)22)14-31-27-26(33-19(5)28)25(30)24(29)15-32-27/h7,13,20-27,29-30H,4,6,8-12,14-15H2,1-3,5H3/t20-,21-,22+,23-,24+,25-,26+,27+/m1/s1. The summed E-state index contributed by atoms with van der Waals surface area (Å²) in [6.07, 6.45) is 6.90. The van der Waals surface area contributed by atoms with E-state index in [4.69, 9.17) is 14.2 Å². The van der Waals surface area contributed by atoms with Gasteiger partial charge in [-0.2, -0.15) is 0 Å². The lowest BCUT2D eigenvalue weighted by Gasteiger charge is -2.45. The van der Waals surface area contributed by atoms with Crippen molar-refractivity contribution in [1.82, 2.24) is 0 Å².